The molecule has 0 fully saturated rings. The van der Waals surface area contributed by atoms with Gasteiger partial charge in [-0.05, 0) is 35.9 Å². The minimum Gasteiger partial charge on any atom is -0.456 e. The molecule has 6 heteroatoms. The van der Waals surface area contributed by atoms with E-state index >= 15 is 0 Å². The topological polar surface area (TPSA) is 65.0 Å². The van der Waals surface area contributed by atoms with Gasteiger partial charge >= 0.3 is 0 Å². The number of aromatic nitrogens is 3. The average Bonchev–Trinajstić information content (AvgIpc) is 3.42. The lowest BCUT2D eigenvalue weighted by Crippen LogP contribution is -1.98. The second-order valence-electron chi connectivity index (χ2n) is 7.81. The van der Waals surface area contributed by atoms with Crippen molar-refractivity contribution >= 4 is 55.5 Å². The molecule has 156 valence electrons. The van der Waals surface area contributed by atoms with Crippen LogP contribution in [0.5, 0.6) is 0 Å². The Kier molecular flexibility index (Phi) is 3.83. The zero-order chi connectivity index (χ0) is 21.9. The van der Waals surface area contributed by atoms with Gasteiger partial charge in [0.25, 0.3) is 0 Å². The van der Waals surface area contributed by atoms with Crippen molar-refractivity contribution in [1.29, 1.82) is 0 Å². The molecular weight excluding hydrogens is 434 g/mol. The molecule has 0 atom stereocenters. The van der Waals surface area contributed by atoms with Crippen LogP contribution in [0.15, 0.2) is 93.8 Å². The van der Waals surface area contributed by atoms with Crippen molar-refractivity contribution in [3.05, 3.63) is 90.2 Å². The Bertz CT molecular complexity index is 1720. The lowest BCUT2D eigenvalue weighted by Gasteiger charge is -2.07. The Morgan fingerprint density at radius 3 is 1.45 bits per heavy atom. The minimum atomic E-state index is 0.129. The van der Waals surface area contributed by atoms with Gasteiger partial charge in [0, 0.05) is 32.7 Å². The number of rotatable bonds is 2. The van der Waals surface area contributed by atoms with E-state index in [1.54, 1.807) is 0 Å². The highest BCUT2D eigenvalue weighted by Crippen LogP contribution is 2.38. The number of benzene rings is 4. The van der Waals surface area contributed by atoms with Gasteiger partial charge in [-0.25, -0.2) is 4.98 Å². The summed E-state index contributed by atoms with van der Waals surface area (Å²) in [5.74, 6) is 0.985. The van der Waals surface area contributed by atoms with E-state index in [1.807, 2.05) is 84.9 Å². The molecule has 0 unspecified atom stereocenters. The summed E-state index contributed by atoms with van der Waals surface area (Å²) in [5, 5.41) is 4.04. The molecule has 0 aliphatic carbocycles. The first kappa shape index (κ1) is 18.4. The summed E-state index contributed by atoms with van der Waals surface area (Å²) < 4.78 is 12.1. The molecule has 7 rings (SSSR count). The Hall–Kier alpha value is -4.22. The van der Waals surface area contributed by atoms with Crippen LogP contribution in [0.25, 0.3) is 66.7 Å². The lowest BCUT2D eigenvalue weighted by molar-refractivity contribution is 0.668. The summed E-state index contributed by atoms with van der Waals surface area (Å²) in [4.78, 5) is 13.8. The van der Waals surface area contributed by atoms with Crippen molar-refractivity contribution in [3.8, 4) is 22.8 Å². The summed E-state index contributed by atoms with van der Waals surface area (Å²) in [5.41, 5.74) is 4.86. The predicted octanol–water partition coefficient (Wildman–Crippen LogP) is 7.66. The van der Waals surface area contributed by atoms with Crippen LogP contribution < -0.4 is 0 Å². The Labute approximate surface area is 192 Å². The molecule has 5 nitrogen and oxygen atoms in total. The summed E-state index contributed by atoms with van der Waals surface area (Å²) in [6, 6.07) is 27.6. The largest absolute Gasteiger partial charge is 0.456 e. The van der Waals surface area contributed by atoms with Crippen molar-refractivity contribution in [2.24, 2.45) is 0 Å². The highest BCUT2D eigenvalue weighted by Gasteiger charge is 2.18. The van der Waals surface area contributed by atoms with Gasteiger partial charge in [0.15, 0.2) is 11.6 Å². The van der Waals surface area contributed by atoms with E-state index in [0.717, 1.165) is 55.0 Å². The predicted molar refractivity (Wildman–Crippen MR) is 130 cm³/mol. The zero-order valence-electron chi connectivity index (χ0n) is 17.1. The summed E-state index contributed by atoms with van der Waals surface area (Å²) >= 11 is 6.43. The fourth-order valence-corrected chi connectivity index (χ4v) is 4.67. The van der Waals surface area contributed by atoms with E-state index in [4.69, 9.17) is 25.4 Å². The van der Waals surface area contributed by atoms with Gasteiger partial charge in [0.2, 0.25) is 5.28 Å². The molecule has 0 N–H and O–H groups in total. The van der Waals surface area contributed by atoms with Crippen LogP contribution in [0.2, 0.25) is 5.28 Å². The van der Waals surface area contributed by atoms with Crippen LogP contribution in [-0.2, 0) is 0 Å². The second-order valence-corrected chi connectivity index (χ2v) is 8.14. The molecule has 4 aromatic carbocycles. The van der Waals surface area contributed by atoms with Crippen LogP contribution in [0.4, 0.5) is 0 Å². The number of furan rings is 2. The van der Waals surface area contributed by atoms with Gasteiger partial charge < -0.3 is 8.83 Å². The van der Waals surface area contributed by atoms with E-state index in [1.165, 1.54) is 0 Å². The third-order valence-corrected chi connectivity index (χ3v) is 6.06. The first-order valence-electron chi connectivity index (χ1n) is 10.5. The highest BCUT2D eigenvalue weighted by molar-refractivity contribution is 6.28. The standard InChI is InChI=1S/C27H14ClN3O2/c28-27-30-25(17-9-5-13-21-23(17)15-7-1-3-11-19(15)32-21)29-26(31-27)18-10-6-14-22-24(18)16-8-2-4-12-20(16)33-22/h1-14H. The van der Waals surface area contributed by atoms with Crippen LogP contribution in [-0.4, -0.2) is 15.0 Å². The zero-order valence-corrected chi connectivity index (χ0v) is 17.9. The molecule has 0 saturated carbocycles. The smallest absolute Gasteiger partial charge is 0.226 e. The maximum atomic E-state index is 6.43. The van der Waals surface area contributed by atoms with E-state index in [0.29, 0.717) is 11.6 Å². The molecule has 0 saturated heterocycles. The third kappa shape index (κ3) is 2.76. The minimum absolute atomic E-state index is 0.129. The van der Waals surface area contributed by atoms with Crippen molar-refractivity contribution in [1.82, 2.24) is 15.0 Å². The van der Waals surface area contributed by atoms with Gasteiger partial charge in [-0.2, -0.15) is 9.97 Å². The van der Waals surface area contributed by atoms with E-state index < -0.39 is 0 Å². The highest BCUT2D eigenvalue weighted by atomic mass is 35.5. The molecule has 33 heavy (non-hydrogen) atoms. The van der Waals surface area contributed by atoms with Crippen molar-refractivity contribution in [2.45, 2.75) is 0 Å². The van der Waals surface area contributed by atoms with Gasteiger partial charge in [-0.1, -0.05) is 60.7 Å². The lowest BCUT2D eigenvalue weighted by atomic mass is 10.0. The van der Waals surface area contributed by atoms with E-state index in [2.05, 4.69) is 9.97 Å². The number of para-hydroxylation sites is 2. The Balaban J connectivity index is 1.52. The van der Waals surface area contributed by atoms with Crippen LogP contribution in [0.3, 0.4) is 0 Å². The van der Waals surface area contributed by atoms with Crippen molar-refractivity contribution < 1.29 is 8.83 Å². The average molecular weight is 448 g/mol. The summed E-state index contributed by atoms with van der Waals surface area (Å²) in [6.45, 7) is 0. The maximum absolute atomic E-state index is 6.43. The molecule has 3 aromatic heterocycles. The van der Waals surface area contributed by atoms with Crippen LogP contribution in [0.1, 0.15) is 0 Å². The summed E-state index contributed by atoms with van der Waals surface area (Å²) in [7, 11) is 0. The number of halogens is 1. The fraction of sp³-hybridized carbons (Fsp3) is 0. The molecule has 0 aliphatic heterocycles. The molecule has 0 bridgehead atoms. The molecule has 3 heterocycles. The number of hydrogen-bond donors (Lipinski definition) is 0. The molecule has 0 aliphatic rings. The summed E-state index contributed by atoms with van der Waals surface area (Å²) in [6.07, 6.45) is 0. The number of hydrogen-bond acceptors (Lipinski definition) is 5. The van der Waals surface area contributed by atoms with Crippen molar-refractivity contribution in [2.75, 3.05) is 0 Å². The quantitative estimate of drug-likeness (QED) is 0.272. The van der Waals surface area contributed by atoms with Gasteiger partial charge in [-0.3, -0.25) is 0 Å². The Morgan fingerprint density at radius 1 is 0.485 bits per heavy atom. The fourth-order valence-electron chi connectivity index (χ4n) is 4.51. The Morgan fingerprint density at radius 2 is 0.939 bits per heavy atom. The molecule has 0 radical (unpaired) electrons. The van der Waals surface area contributed by atoms with E-state index in [-0.39, 0.29) is 5.28 Å². The normalized spacial score (nSPS) is 11.8. The SMILES string of the molecule is Clc1nc(-c2cccc3oc4ccccc4c23)nc(-c2cccc3oc4ccccc4c23)n1. The van der Waals surface area contributed by atoms with Crippen LogP contribution in [0, 0.1) is 0 Å². The molecule has 7 aromatic rings. The first-order valence-corrected chi connectivity index (χ1v) is 10.9. The molecular formula is C27H14ClN3O2. The molecule has 0 amide bonds. The first-order chi connectivity index (χ1) is 16.3. The number of nitrogens with zero attached hydrogens (tertiary/aromatic N) is 3. The monoisotopic (exact) mass is 447 g/mol. The van der Waals surface area contributed by atoms with E-state index in [9.17, 15) is 0 Å². The van der Waals surface area contributed by atoms with Gasteiger partial charge in [0.1, 0.15) is 22.3 Å². The second kappa shape index (κ2) is 6.89. The van der Waals surface area contributed by atoms with Crippen molar-refractivity contribution in [3.63, 3.8) is 0 Å². The van der Waals surface area contributed by atoms with Crippen LogP contribution >= 0.6 is 11.6 Å². The third-order valence-electron chi connectivity index (χ3n) is 5.90. The van der Waals surface area contributed by atoms with Gasteiger partial charge in [0.05, 0.1) is 0 Å². The maximum Gasteiger partial charge on any atom is 0.226 e. The number of fused-ring (bicyclic) bond motifs is 6. The molecule has 0 spiro atoms. The van der Waals surface area contributed by atoms with Gasteiger partial charge in [-0.15, -0.1) is 0 Å².